The molecule has 8 atom stereocenters. The number of Topliss-reactive ketones (excluding diaryl/α,β-unsaturated/α-hetero) is 1. The van der Waals surface area contributed by atoms with Gasteiger partial charge in [0.15, 0.2) is 0 Å². The minimum absolute atomic E-state index is 0. The number of amides is 4. The van der Waals surface area contributed by atoms with Crippen molar-refractivity contribution in [1.82, 2.24) is 49.5 Å². The van der Waals surface area contributed by atoms with E-state index in [-0.39, 0.29) is 118 Å². The number of likely N-dealkylation sites (tertiary alicyclic amines) is 4. The van der Waals surface area contributed by atoms with Crippen LogP contribution in [0.2, 0.25) is 19.6 Å². The number of ketones is 1. The number of allylic oxidation sites excluding steroid dienone is 1. The number of nitrogens with zero attached hydrogens (tertiary/aromatic N) is 10. The molecule has 4 amide bonds. The molecule has 14 N–H and O–H groups in total. The third-order valence-electron chi connectivity index (χ3n) is 21.9. The Bertz CT molecular complexity index is 4850. The monoisotopic (exact) mass is 1870 g/mol. The number of rotatable bonds is 24. The van der Waals surface area contributed by atoms with Crippen molar-refractivity contribution in [3.05, 3.63) is 284 Å². The quantitative estimate of drug-likeness (QED) is 0.00252. The molecule has 0 spiro atoms. The molecule has 4 saturated heterocycles. The second-order valence-corrected chi connectivity index (χ2v) is 38.4. The first kappa shape index (κ1) is 126. The number of aromatic nitrogens is 3. The van der Waals surface area contributed by atoms with Gasteiger partial charge in [0.1, 0.15) is 17.4 Å². The molecule has 8 aromatic rings. The van der Waals surface area contributed by atoms with Crippen LogP contribution in [0.25, 0.3) is 0 Å². The average Bonchev–Trinajstić information content (AvgIpc) is 1.63. The van der Waals surface area contributed by atoms with Gasteiger partial charge in [0, 0.05) is 116 Å². The molecule has 740 valence electrons. The van der Waals surface area contributed by atoms with Gasteiger partial charge in [0.05, 0.1) is 83.2 Å². The van der Waals surface area contributed by atoms with Crippen molar-refractivity contribution in [3.63, 3.8) is 0 Å². The summed E-state index contributed by atoms with van der Waals surface area (Å²) < 4.78 is 18.6. The Kier molecular flexibility index (Phi) is 60.3. The summed E-state index contributed by atoms with van der Waals surface area (Å²) in [6.45, 7) is 29.6. The fourth-order valence-electron chi connectivity index (χ4n) is 15.8. The molecule has 1 aromatic heterocycles. The van der Waals surface area contributed by atoms with Gasteiger partial charge in [-0.1, -0.05) is 289 Å². The van der Waals surface area contributed by atoms with Crippen LogP contribution < -0.4 is 34.6 Å². The van der Waals surface area contributed by atoms with E-state index in [9.17, 15) is 43.2 Å². The summed E-state index contributed by atoms with van der Waals surface area (Å²) in [5.74, 6) is 12.7. The normalized spacial score (nSPS) is 18.3. The Morgan fingerprint density at radius 1 is 0.478 bits per heavy atom. The molecular formula is C102H159N17O14Si. The maximum atomic E-state index is 12.7. The zero-order valence-corrected chi connectivity index (χ0v) is 75.5. The van der Waals surface area contributed by atoms with Gasteiger partial charge in [-0.3, -0.25) is 85.0 Å². The van der Waals surface area contributed by atoms with E-state index in [0.717, 1.165) is 109 Å². The topological polar surface area (TPSA) is 453 Å². The Morgan fingerprint density at radius 3 is 1.16 bits per heavy atom. The van der Waals surface area contributed by atoms with Crippen LogP contribution in [0.4, 0.5) is 0 Å². The molecule has 0 aliphatic carbocycles. The lowest BCUT2D eigenvalue weighted by Gasteiger charge is -2.28. The molecule has 4 fully saturated rings. The molecular weight excluding hydrogens is 1720 g/mol. The first-order chi connectivity index (χ1) is 60.0. The minimum atomic E-state index is -1.08. The van der Waals surface area contributed by atoms with Crippen LogP contribution in [-0.2, 0) is 77.4 Å². The lowest BCUT2D eigenvalue weighted by Crippen LogP contribution is -2.40. The average molecular weight is 1880 g/mol. The number of aromatic amines is 1. The van der Waals surface area contributed by atoms with Crippen LogP contribution >= 0.6 is 0 Å². The number of benzene rings is 7. The van der Waals surface area contributed by atoms with Crippen molar-refractivity contribution in [2.45, 2.75) is 159 Å². The smallest absolute Gasteiger partial charge is 0.376 e. The van der Waals surface area contributed by atoms with Crippen molar-refractivity contribution in [2.24, 2.45) is 75.5 Å². The number of esters is 3. The molecule has 7 heterocycles. The largest absolute Gasteiger partial charge is 0.469 e. The number of H-pyrrole nitrogens is 1. The zero-order valence-electron chi connectivity index (χ0n) is 74.5. The van der Waals surface area contributed by atoms with Gasteiger partial charge in [-0.2, -0.15) is 5.10 Å². The molecule has 0 saturated carbocycles. The Morgan fingerprint density at radius 2 is 0.828 bits per heavy atom. The number of nitrogens with one attached hydrogen (secondary N) is 2. The fraction of sp³-hybridized carbons (Fsp3) is 0.441. The van der Waals surface area contributed by atoms with Crippen LogP contribution in [0.3, 0.4) is 0 Å². The highest BCUT2D eigenvalue weighted by atomic mass is 28.3. The zero-order chi connectivity index (χ0) is 91.3. The Labute approximate surface area is 799 Å². The van der Waals surface area contributed by atoms with E-state index in [2.05, 4.69) is 216 Å². The maximum absolute atomic E-state index is 12.7. The summed E-state index contributed by atoms with van der Waals surface area (Å²) in [5.41, 5.74) is 18.8. The molecule has 7 aromatic carbocycles. The molecule has 0 radical (unpaired) electrons. The molecule has 31 nitrogen and oxygen atoms in total. The summed E-state index contributed by atoms with van der Waals surface area (Å²) in [4.78, 5) is 122. The number of nitrogens with two attached hydrogens (primary N) is 5. The van der Waals surface area contributed by atoms with Gasteiger partial charge in [0.25, 0.3) is 35.0 Å². The third-order valence-corrected chi connectivity index (χ3v) is 23.3. The maximum Gasteiger partial charge on any atom is 0.376 e. The summed E-state index contributed by atoms with van der Waals surface area (Å²) >= 11 is 0. The number of carbonyl (C=O) groups excluding carboxylic acids is 8. The number of hydrazine groups is 1. The number of hydrogen-bond donors (Lipinski definition) is 7. The number of amidine groups is 2. The van der Waals surface area contributed by atoms with Crippen LogP contribution in [0, 0.1) is 46.8 Å². The fourth-order valence-corrected chi connectivity index (χ4v) is 17.3. The van der Waals surface area contributed by atoms with E-state index in [1.54, 1.807) is 56.5 Å². The number of ether oxygens (including phenoxy) is 4. The van der Waals surface area contributed by atoms with Crippen LogP contribution in [0.5, 0.6) is 0 Å². The van der Waals surface area contributed by atoms with Crippen molar-refractivity contribution >= 4 is 67.1 Å². The molecule has 32 heteroatoms. The molecule has 6 aliphatic heterocycles. The van der Waals surface area contributed by atoms with Crippen molar-refractivity contribution in [3.8, 4) is 0 Å². The van der Waals surface area contributed by atoms with Gasteiger partial charge < -0.3 is 46.7 Å². The summed E-state index contributed by atoms with van der Waals surface area (Å²) in [6, 6.07) is 65.0. The highest BCUT2D eigenvalue weighted by molar-refractivity contribution is 6.76. The number of hydrazone groups is 1. The van der Waals surface area contributed by atoms with E-state index in [4.69, 9.17) is 32.2 Å². The van der Waals surface area contributed by atoms with E-state index >= 15 is 0 Å². The van der Waals surface area contributed by atoms with Crippen LogP contribution in [0.1, 0.15) is 181 Å². The highest BCUT2D eigenvalue weighted by Crippen LogP contribution is 2.33. The third kappa shape index (κ3) is 38.6. The SMILES string of the molecule is C.C.C.C.C.C.C.C.C/C=C/C(=O)OC.CC1CN(Cc2ccccc2)CC1C(=N)N.CC1CN(Cc2ccccc2)CC1C(N)=NN.CC1CN(Cc2ccccc2)CC1c1nnc(CN2C(=O)c3ccccc3C2=O)c(=O)[nH]1.COC(=O)C(=O)CN1C(=O)c2ccccc2C1=O.COC(=O)C1CN(Cc2ccccc2)CC1C.COCN(Cc1ccccc1)C[Si](C)(C)C.NN.O. The van der Waals surface area contributed by atoms with Gasteiger partial charge in [-0.05, 0) is 88.8 Å². The van der Waals surface area contributed by atoms with Crippen LogP contribution in [-0.4, -0.2) is 222 Å². The van der Waals surface area contributed by atoms with Crippen molar-refractivity contribution in [1.29, 1.82) is 5.41 Å². The molecule has 8 unspecified atom stereocenters. The first-order valence-electron chi connectivity index (χ1n) is 41.7. The van der Waals surface area contributed by atoms with Gasteiger partial charge in [-0.15, -0.1) is 10.2 Å². The number of hydrogen-bond acceptors (Lipinski definition) is 25. The minimum Gasteiger partial charge on any atom is -0.469 e. The number of imide groups is 2. The molecule has 6 aliphatic rings. The molecule has 134 heavy (non-hydrogen) atoms. The lowest BCUT2D eigenvalue weighted by molar-refractivity contribution is -0.151. The summed E-state index contributed by atoms with van der Waals surface area (Å²) in [7, 11) is 4.58. The standard InChI is InChI=1S/C24H23N5O3.C14H19NO2.C13H20N4.C13H19N3.C13H23NOSi.C12H9NO5.C5H8O2.8CH4.H4N2.H2O/c1-15-11-28(12-16-7-3-2-4-8-16)13-19(15)21-25-22(30)20(26-27-21)14-29-23(31)17-9-5-6-10-18(17)24(29)32;1-11-8-15(10-13(11)14(16)17-2)9-12-6-4-3-5-7-12;1-10-7-17(9-12(10)13(14)16-15)8-11-5-3-2-4-6-11;1-10-7-16(9-12(10)13(14)15)8-11-5-3-2-4-6-11;1-15-11-14(12-16(2,3)4)10-13-8-6-5-7-9-13;1-18-12(17)9(14)6-13-10(15)7-4-2-3-5-8(7)11(13)16;1-3-4-5(6)7-2;;;;;;;;;1-2;/h2-10,15,19H,11-14H2,1H3,(H,25,27,30);3-7,11,13H,8-10H2,1-2H3;2-6,10,12H,7-9,15H2,1H3,(H2,14,16);2-6,10,12H,7-9H2,1H3,(H3,14,15);5-9H,10-12H2,1-4H3;2-5H,6H2,1H3;3-4H,1-2H3;8*1H4;1-2H2;1H2/b;;;;;;4-3+;;;;;;;;;;. The molecule has 0 bridgehead atoms. The number of fused-ring (bicyclic) bond motifs is 2. The van der Waals surface area contributed by atoms with E-state index in [1.165, 1.54) is 66.4 Å². The van der Waals surface area contributed by atoms with E-state index in [1.807, 2.05) is 48.5 Å². The van der Waals surface area contributed by atoms with Gasteiger partial charge in [0.2, 0.25) is 0 Å². The molecule has 14 rings (SSSR count). The predicted molar refractivity (Wildman–Crippen MR) is 543 cm³/mol. The summed E-state index contributed by atoms with van der Waals surface area (Å²) in [5, 5.41) is 19.5. The lowest BCUT2D eigenvalue weighted by atomic mass is 9.97. The number of methoxy groups -OCH3 is 4. The number of carbonyl (C=O) groups is 8. The predicted octanol–water partition coefficient (Wildman–Crippen LogP) is 13.6. The first-order valence-corrected chi connectivity index (χ1v) is 45.4. The second kappa shape index (κ2) is 64.0. The van der Waals surface area contributed by atoms with Crippen LogP contribution in [0.15, 0.2) is 222 Å². The second-order valence-electron chi connectivity index (χ2n) is 32.9. The van der Waals surface area contributed by atoms with E-state index < -0.39 is 55.6 Å². The van der Waals surface area contributed by atoms with Gasteiger partial charge >= 0.3 is 17.9 Å². The Hall–Kier alpha value is -12.0. The Balaban J connectivity index is -0.00000152. The van der Waals surface area contributed by atoms with Gasteiger partial charge in [-0.25, -0.2) is 9.59 Å². The van der Waals surface area contributed by atoms with E-state index in [0.29, 0.717) is 58.2 Å². The highest BCUT2D eigenvalue weighted by Gasteiger charge is 2.41. The van der Waals surface area contributed by atoms with Crippen molar-refractivity contribution < 1.29 is 62.8 Å². The van der Waals surface area contributed by atoms with Crippen molar-refractivity contribution in [2.75, 3.05) is 100 Å². The summed E-state index contributed by atoms with van der Waals surface area (Å²) in [6.07, 6.45) is 4.17.